The van der Waals surface area contributed by atoms with Crippen molar-refractivity contribution in [1.29, 1.82) is 0 Å². The molecule has 0 bridgehead atoms. The summed E-state index contributed by atoms with van der Waals surface area (Å²) in [7, 11) is 0. The van der Waals surface area contributed by atoms with Crippen LogP contribution in [0.4, 0.5) is 0 Å². The number of aromatic nitrogens is 2. The molecule has 5 heteroatoms. The van der Waals surface area contributed by atoms with Crippen LogP contribution < -0.4 is 10.6 Å². The van der Waals surface area contributed by atoms with E-state index in [1.165, 1.54) is 24.8 Å². The van der Waals surface area contributed by atoms with Crippen LogP contribution in [-0.2, 0) is 12.0 Å². The molecule has 0 atom stereocenters. The van der Waals surface area contributed by atoms with Crippen molar-refractivity contribution in [3.05, 3.63) is 54.6 Å². The molecule has 134 valence electrons. The van der Waals surface area contributed by atoms with Gasteiger partial charge in [-0.3, -0.25) is 4.99 Å². The molecule has 2 N–H and O–H groups in total. The first-order valence-electron chi connectivity index (χ1n) is 9.36. The molecule has 0 spiro atoms. The molecule has 0 saturated heterocycles. The highest BCUT2D eigenvalue weighted by molar-refractivity contribution is 5.79. The van der Waals surface area contributed by atoms with E-state index in [0.29, 0.717) is 0 Å². The number of rotatable bonds is 8. The van der Waals surface area contributed by atoms with Crippen molar-refractivity contribution in [3.63, 3.8) is 0 Å². The minimum absolute atomic E-state index is 0.237. The van der Waals surface area contributed by atoms with E-state index in [4.69, 9.17) is 4.99 Å². The summed E-state index contributed by atoms with van der Waals surface area (Å²) >= 11 is 0. The van der Waals surface area contributed by atoms with Crippen molar-refractivity contribution >= 4 is 5.96 Å². The number of aliphatic imine (C=N–C) groups is 1. The van der Waals surface area contributed by atoms with Crippen LogP contribution in [0.3, 0.4) is 0 Å². The van der Waals surface area contributed by atoms with Gasteiger partial charge in [-0.25, -0.2) is 4.98 Å². The van der Waals surface area contributed by atoms with Crippen LogP contribution in [0.2, 0.25) is 0 Å². The summed E-state index contributed by atoms with van der Waals surface area (Å²) in [6.45, 7) is 5.72. The van der Waals surface area contributed by atoms with E-state index in [0.717, 1.165) is 38.6 Å². The first kappa shape index (κ1) is 17.5. The van der Waals surface area contributed by atoms with Crippen molar-refractivity contribution in [2.75, 3.05) is 19.6 Å². The van der Waals surface area contributed by atoms with Crippen molar-refractivity contribution in [1.82, 2.24) is 20.2 Å². The molecule has 0 unspecified atom stereocenters. The van der Waals surface area contributed by atoms with Crippen LogP contribution in [0.1, 0.15) is 38.2 Å². The molecule has 1 saturated carbocycles. The molecule has 1 aliphatic rings. The first-order valence-corrected chi connectivity index (χ1v) is 9.36. The second kappa shape index (κ2) is 8.70. The Morgan fingerprint density at radius 1 is 1.24 bits per heavy atom. The third kappa shape index (κ3) is 4.62. The minimum atomic E-state index is 0.237. The first-order chi connectivity index (χ1) is 12.3. The Labute approximate surface area is 150 Å². The second-order valence-corrected chi connectivity index (χ2v) is 6.78. The minimum Gasteiger partial charge on any atom is -0.357 e. The Balaban J connectivity index is 1.54. The van der Waals surface area contributed by atoms with Gasteiger partial charge in [-0.15, -0.1) is 0 Å². The average Bonchev–Trinajstić information content (AvgIpc) is 3.12. The molecular weight excluding hydrogens is 310 g/mol. The number of nitrogens with one attached hydrogen (secondary N) is 2. The molecule has 2 aromatic rings. The Bertz CT molecular complexity index is 644. The Kier molecular flexibility index (Phi) is 6.09. The molecule has 1 aromatic heterocycles. The summed E-state index contributed by atoms with van der Waals surface area (Å²) in [5.41, 5.74) is 1.67. The summed E-state index contributed by atoms with van der Waals surface area (Å²) in [6.07, 6.45) is 10.5. The van der Waals surface area contributed by atoms with Crippen LogP contribution in [-0.4, -0.2) is 35.1 Å². The van der Waals surface area contributed by atoms with Crippen LogP contribution in [0.5, 0.6) is 0 Å². The van der Waals surface area contributed by atoms with Crippen molar-refractivity contribution < 1.29 is 0 Å². The van der Waals surface area contributed by atoms with E-state index in [2.05, 4.69) is 57.4 Å². The third-order valence-corrected chi connectivity index (χ3v) is 5.03. The number of benzene rings is 1. The zero-order chi connectivity index (χ0) is 17.4. The molecule has 25 heavy (non-hydrogen) atoms. The Morgan fingerprint density at radius 3 is 2.72 bits per heavy atom. The molecule has 1 fully saturated rings. The molecule has 0 aliphatic heterocycles. The monoisotopic (exact) mass is 339 g/mol. The molecule has 5 nitrogen and oxygen atoms in total. The highest BCUT2D eigenvalue weighted by Crippen LogP contribution is 2.43. The van der Waals surface area contributed by atoms with Crippen molar-refractivity contribution in [2.24, 2.45) is 4.99 Å². The van der Waals surface area contributed by atoms with E-state index >= 15 is 0 Å². The largest absolute Gasteiger partial charge is 0.357 e. The number of guanidine groups is 1. The molecule has 0 radical (unpaired) electrons. The van der Waals surface area contributed by atoms with Crippen LogP contribution in [0.25, 0.3) is 0 Å². The lowest BCUT2D eigenvalue weighted by Crippen LogP contribution is -2.42. The number of aryl methyl sites for hydroxylation is 1. The smallest absolute Gasteiger partial charge is 0.191 e. The third-order valence-electron chi connectivity index (χ3n) is 5.03. The average molecular weight is 339 g/mol. The molecule has 3 rings (SSSR count). The number of hydrogen-bond acceptors (Lipinski definition) is 2. The highest BCUT2D eigenvalue weighted by Gasteiger charge is 2.38. The fraction of sp³-hybridized carbons (Fsp3) is 0.500. The van der Waals surface area contributed by atoms with Gasteiger partial charge in [-0.05, 0) is 31.7 Å². The van der Waals surface area contributed by atoms with Gasteiger partial charge in [0.2, 0.25) is 0 Å². The lowest BCUT2D eigenvalue weighted by Gasteiger charge is -2.41. The molecular formula is C20H29N5. The second-order valence-electron chi connectivity index (χ2n) is 6.78. The van der Waals surface area contributed by atoms with E-state index in [9.17, 15) is 0 Å². The van der Waals surface area contributed by atoms with Crippen LogP contribution >= 0.6 is 0 Å². The summed E-state index contributed by atoms with van der Waals surface area (Å²) < 4.78 is 2.10. The predicted molar refractivity (Wildman–Crippen MR) is 103 cm³/mol. The highest BCUT2D eigenvalue weighted by atomic mass is 15.2. The topological polar surface area (TPSA) is 54.2 Å². The fourth-order valence-electron chi connectivity index (χ4n) is 3.39. The van der Waals surface area contributed by atoms with Gasteiger partial charge < -0.3 is 15.2 Å². The molecule has 1 aromatic carbocycles. The SMILES string of the molecule is CCNC(=NCC1(c2ccccc2)CCC1)NCCCn1ccnc1. The zero-order valence-corrected chi connectivity index (χ0v) is 15.1. The molecule has 0 amide bonds. The maximum Gasteiger partial charge on any atom is 0.191 e. The maximum absolute atomic E-state index is 4.89. The van der Waals surface area contributed by atoms with Gasteiger partial charge in [-0.2, -0.15) is 0 Å². The van der Waals surface area contributed by atoms with E-state index in [1.807, 2.05) is 18.7 Å². The quantitative estimate of drug-likeness (QED) is 0.442. The van der Waals surface area contributed by atoms with Gasteiger partial charge in [0.05, 0.1) is 12.9 Å². The summed E-state index contributed by atoms with van der Waals surface area (Å²) in [4.78, 5) is 8.97. The van der Waals surface area contributed by atoms with Crippen molar-refractivity contribution in [2.45, 2.75) is 44.6 Å². The summed E-state index contributed by atoms with van der Waals surface area (Å²) in [5, 5.41) is 6.83. The summed E-state index contributed by atoms with van der Waals surface area (Å²) in [5.74, 6) is 0.926. The van der Waals surface area contributed by atoms with E-state index in [1.54, 1.807) is 0 Å². The van der Waals surface area contributed by atoms with Gasteiger partial charge in [0.15, 0.2) is 5.96 Å². The van der Waals surface area contributed by atoms with Crippen LogP contribution in [0.15, 0.2) is 54.0 Å². The summed E-state index contributed by atoms with van der Waals surface area (Å²) in [6, 6.07) is 10.9. The van der Waals surface area contributed by atoms with Gasteiger partial charge in [-0.1, -0.05) is 36.8 Å². The zero-order valence-electron chi connectivity index (χ0n) is 15.1. The van der Waals surface area contributed by atoms with Crippen molar-refractivity contribution in [3.8, 4) is 0 Å². The standard InChI is InChI=1S/C20H29N5/c1-2-22-19(23-12-7-14-25-15-13-21-17-25)24-16-20(10-6-11-20)18-8-4-3-5-9-18/h3-5,8-9,13,15,17H,2,6-7,10-12,14,16H2,1H3,(H2,22,23,24). The number of nitrogens with zero attached hydrogens (tertiary/aromatic N) is 3. The van der Waals surface area contributed by atoms with Gasteiger partial charge in [0, 0.05) is 37.4 Å². The fourth-order valence-corrected chi connectivity index (χ4v) is 3.39. The lowest BCUT2D eigenvalue weighted by atomic mass is 9.64. The lowest BCUT2D eigenvalue weighted by molar-refractivity contribution is 0.253. The molecule has 1 aliphatic carbocycles. The van der Waals surface area contributed by atoms with Gasteiger partial charge >= 0.3 is 0 Å². The van der Waals surface area contributed by atoms with Gasteiger partial charge in [0.25, 0.3) is 0 Å². The van der Waals surface area contributed by atoms with Gasteiger partial charge in [0.1, 0.15) is 0 Å². The maximum atomic E-state index is 4.89. The molecule has 1 heterocycles. The Hall–Kier alpha value is -2.30. The van der Waals surface area contributed by atoms with E-state index in [-0.39, 0.29) is 5.41 Å². The number of imidazole rings is 1. The Morgan fingerprint density at radius 2 is 2.08 bits per heavy atom. The number of hydrogen-bond donors (Lipinski definition) is 2. The van der Waals surface area contributed by atoms with Crippen LogP contribution in [0, 0.1) is 0 Å². The predicted octanol–water partition coefficient (Wildman–Crippen LogP) is 2.95. The van der Waals surface area contributed by atoms with E-state index < -0.39 is 0 Å². The normalized spacial score (nSPS) is 16.3.